The molecule has 4 heterocycles. The van der Waals surface area contributed by atoms with Gasteiger partial charge in [0.25, 0.3) is 0 Å². The SMILES string of the molecule is CCc1cc(NC(=O)C(=O)N2C[C@@H](C)CC[C@@H]2c2ccc3cn([C@H]4CN(C)CC(C)(C)C4)nc3c2)cnc1N. The van der Waals surface area contributed by atoms with Crippen LogP contribution in [-0.4, -0.2) is 63.1 Å². The third kappa shape index (κ3) is 5.78. The monoisotopic (exact) mass is 531 g/mol. The first kappa shape index (κ1) is 27.1. The molecule has 9 heteroatoms. The summed E-state index contributed by atoms with van der Waals surface area (Å²) in [6.07, 6.45) is 7.20. The van der Waals surface area contributed by atoms with E-state index in [0.717, 1.165) is 54.4 Å². The molecule has 2 fully saturated rings. The van der Waals surface area contributed by atoms with Crippen LogP contribution in [0.4, 0.5) is 11.5 Å². The fraction of sp³-hybridized carbons (Fsp3) is 0.533. The first-order chi connectivity index (χ1) is 18.5. The number of likely N-dealkylation sites (N-methyl/N-ethyl adjacent to an activating group) is 1. The molecule has 2 saturated heterocycles. The zero-order chi connectivity index (χ0) is 27.9. The number of nitrogens with one attached hydrogen (secondary N) is 1. The summed E-state index contributed by atoms with van der Waals surface area (Å²) < 4.78 is 2.12. The Morgan fingerprint density at radius 3 is 2.72 bits per heavy atom. The molecule has 0 bridgehead atoms. The van der Waals surface area contributed by atoms with Crippen LogP contribution in [-0.2, 0) is 16.0 Å². The van der Waals surface area contributed by atoms with E-state index in [2.05, 4.69) is 72.1 Å². The molecule has 2 aliphatic heterocycles. The molecule has 9 nitrogen and oxygen atoms in total. The van der Waals surface area contributed by atoms with Crippen molar-refractivity contribution < 1.29 is 9.59 Å². The van der Waals surface area contributed by atoms with Crippen molar-refractivity contribution in [3.8, 4) is 0 Å². The molecule has 0 saturated carbocycles. The molecule has 3 atom stereocenters. The lowest BCUT2D eigenvalue weighted by molar-refractivity contribution is -0.146. The van der Waals surface area contributed by atoms with Crippen molar-refractivity contribution in [3.05, 3.63) is 47.8 Å². The molecular formula is C30H41N7O2. The van der Waals surface area contributed by atoms with Gasteiger partial charge in [-0.1, -0.05) is 39.8 Å². The van der Waals surface area contributed by atoms with Gasteiger partial charge in [-0.05, 0) is 67.3 Å². The van der Waals surface area contributed by atoms with E-state index in [1.165, 1.54) is 6.20 Å². The number of hydrogen-bond acceptors (Lipinski definition) is 6. The van der Waals surface area contributed by atoms with Gasteiger partial charge in [-0.3, -0.25) is 14.3 Å². The van der Waals surface area contributed by atoms with Crippen LogP contribution in [0.3, 0.4) is 0 Å². The van der Waals surface area contributed by atoms with Gasteiger partial charge in [-0.15, -0.1) is 0 Å². The highest BCUT2D eigenvalue weighted by Crippen LogP contribution is 2.37. The van der Waals surface area contributed by atoms with E-state index >= 15 is 0 Å². The van der Waals surface area contributed by atoms with Crippen LogP contribution in [0.2, 0.25) is 0 Å². The Labute approximate surface area is 230 Å². The van der Waals surface area contributed by atoms with Crippen LogP contribution in [0.25, 0.3) is 10.9 Å². The lowest BCUT2D eigenvalue weighted by Crippen LogP contribution is -2.46. The van der Waals surface area contributed by atoms with Gasteiger partial charge in [0, 0.05) is 31.2 Å². The standard InChI is InChI=1S/C30H41N7O2/c1-6-20-11-23(14-32-27(20)31)33-28(38)29(39)36-15-19(2)7-10-26(36)21-8-9-22-16-37(34-25(22)12-21)24-13-30(3,4)18-35(5)17-24/h8-9,11-12,14,16,19,24,26H,6-7,10,13,15,17-18H2,1-5H3,(H2,31,32)(H,33,38)/t19-,24+,26+/m0/s1. The molecule has 1 aromatic carbocycles. The molecule has 2 aromatic heterocycles. The zero-order valence-electron chi connectivity index (χ0n) is 23.8. The number of anilines is 2. The number of carbonyl (C=O) groups excluding carboxylic acids is 2. The van der Waals surface area contributed by atoms with Crippen molar-refractivity contribution >= 4 is 34.2 Å². The molecule has 0 radical (unpaired) electrons. The van der Waals surface area contributed by atoms with Crippen LogP contribution in [0.5, 0.6) is 0 Å². The van der Waals surface area contributed by atoms with Gasteiger partial charge in [0.2, 0.25) is 0 Å². The number of pyridine rings is 1. The Balaban J connectivity index is 1.37. The number of nitrogens with zero attached hydrogens (tertiary/aromatic N) is 5. The van der Waals surface area contributed by atoms with Crippen molar-refractivity contribution in [2.24, 2.45) is 11.3 Å². The zero-order valence-corrected chi connectivity index (χ0v) is 23.8. The van der Waals surface area contributed by atoms with Crippen LogP contribution < -0.4 is 11.1 Å². The fourth-order valence-corrected chi connectivity index (χ4v) is 6.46. The number of aryl methyl sites for hydroxylation is 1. The highest BCUT2D eigenvalue weighted by Gasteiger charge is 2.35. The van der Waals surface area contributed by atoms with Gasteiger partial charge in [-0.25, -0.2) is 4.98 Å². The Hall–Kier alpha value is -3.46. The Kier molecular flexibility index (Phi) is 7.37. The predicted octanol–water partition coefficient (Wildman–Crippen LogP) is 4.42. The van der Waals surface area contributed by atoms with E-state index in [9.17, 15) is 9.59 Å². The van der Waals surface area contributed by atoms with Gasteiger partial charge in [0.05, 0.1) is 29.5 Å². The van der Waals surface area contributed by atoms with Crippen LogP contribution in [0.1, 0.15) is 70.2 Å². The number of amides is 2. The maximum atomic E-state index is 13.5. The third-order valence-corrected chi connectivity index (χ3v) is 8.23. The lowest BCUT2D eigenvalue weighted by atomic mass is 9.82. The number of benzene rings is 1. The van der Waals surface area contributed by atoms with E-state index in [1.54, 1.807) is 11.0 Å². The van der Waals surface area contributed by atoms with E-state index in [1.807, 2.05) is 6.92 Å². The highest BCUT2D eigenvalue weighted by molar-refractivity contribution is 6.39. The number of nitrogens with two attached hydrogens (primary N) is 1. The van der Waals surface area contributed by atoms with E-state index < -0.39 is 11.8 Å². The molecule has 39 heavy (non-hydrogen) atoms. The number of hydrogen-bond donors (Lipinski definition) is 2. The summed E-state index contributed by atoms with van der Waals surface area (Å²) in [4.78, 5) is 34.8. The largest absolute Gasteiger partial charge is 0.383 e. The number of nitrogen functional groups attached to an aromatic ring is 1. The summed E-state index contributed by atoms with van der Waals surface area (Å²) in [7, 11) is 2.17. The van der Waals surface area contributed by atoms with Crippen molar-refractivity contribution in [2.45, 2.75) is 65.5 Å². The number of piperidine rings is 2. The summed E-state index contributed by atoms with van der Waals surface area (Å²) in [6, 6.07) is 8.20. The number of carbonyl (C=O) groups is 2. The minimum atomic E-state index is -0.655. The first-order valence-electron chi connectivity index (χ1n) is 14.1. The van der Waals surface area contributed by atoms with E-state index in [0.29, 0.717) is 36.4 Å². The molecule has 5 rings (SSSR count). The lowest BCUT2D eigenvalue weighted by Gasteiger charge is -2.40. The average Bonchev–Trinajstić information content (AvgIpc) is 3.32. The second-order valence-electron chi connectivity index (χ2n) is 12.4. The Morgan fingerprint density at radius 1 is 1.18 bits per heavy atom. The third-order valence-electron chi connectivity index (χ3n) is 8.23. The van der Waals surface area contributed by atoms with Crippen LogP contribution in [0.15, 0.2) is 36.7 Å². The number of rotatable bonds is 4. The van der Waals surface area contributed by atoms with E-state index in [4.69, 9.17) is 10.8 Å². The van der Waals surface area contributed by atoms with Crippen molar-refractivity contribution in [1.82, 2.24) is 24.6 Å². The molecule has 2 amide bonds. The normalized spacial score (nSPS) is 23.6. The maximum Gasteiger partial charge on any atom is 0.313 e. The van der Waals surface area contributed by atoms with Crippen molar-refractivity contribution in [3.63, 3.8) is 0 Å². The molecule has 0 aliphatic carbocycles. The van der Waals surface area contributed by atoms with Crippen molar-refractivity contribution in [2.75, 3.05) is 37.7 Å². The van der Waals surface area contributed by atoms with Gasteiger partial charge < -0.3 is 20.9 Å². The topological polar surface area (TPSA) is 109 Å². The number of fused-ring (bicyclic) bond motifs is 1. The maximum absolute atomic E-state index is 13.5. The summed E-state index contributed by atoms with van der Waals surface area (Å²) in [6.45, 7) is 11.3. The second kappa shape index (κ2) is 10.6. The Morgan fingerprint density at radius 2 is 1.97 bits per heavy atom. The quantitative estimate of drug-likeness (QED) is 0.483. The van der Waals surface area contributed by atoms with Crippen LogP contribution >= 0.6 is 0 Å². The van der Waals surface area contributed by atoms with Gasteiger partial charge in [0.15, 0.2) is 0 Å². The summed E-state index contributed by atoms with van der Waals surface area (Å²) in [5, 5.41) is 8.81. The van der Waals surface area contributed by atoms with Gasteiger partial charge in [-0.2, -0.15) is 5.10 Å². The molecule has 0 spiro atoms. The number of likely N-dealkylation sites (tertiary alicyclic amines) is 2. The summed E-state index contributed by atoms with van der Waals surface area (Å²) in [5.74, 6) is -0.432. The van der Waals surface area contributed by atoms with Gasteiger partial charge >= 0.3 is 11.8 Å². The molecule has 0 unspecified atom stereocenters. The average molecular weight is 532 g/mol. The molecular weight excluding hydrogens is 490 g/mol. The molecule has 3 N–H and O–H groups in total. The molecule has 2 aliphatic rings. The first-order valence-corrected chi connectivity index (χ1v) is 14.1. The van der Waals surface area contributed by atoms with E-state index in [-0.39, 0.29) is 11.5 Å². The fourth-order valence-electron chi connectivity index (χ4n) is 6.46. The van der Waals surface area contributed by atoms with Crippen LogP contribution in [0, 0.1) is 11.3 Å². The highest BCUT2D eigenvalue weighted by atomic mass is 16.2. The molecule has 3 aromatic rings. The van der Waals surface area contributed by atoms with Crippen molar-refractivity contribution in [1.29, 1.82) is 0 Å². The smallest absolute Gasteiger partial charge is 0.313 e. The van der Waals surface area contributed by atoms with Gasteiger partial charge in [0.1, 0.15) is 5.82 Å². The summed E-state index contributed by atoms with van der Waals surface area (Å²) in [5.41, 5.74) is 9.39. The minimum absolute atomic E-state index is 0.176. The minimum Gasteiger partial charge on any atom is -0.383 e. The Bertz CT molecular complexity index is 1380. The summed E-state index contributed by atoms with van der Waals surface area (Å²) >= 11 is 0. The molecule has 208 valence electrons. The second-order valence-corrected chi connectivity index (χ2v) is 12.4. The predicted molar refractivity (Wildman–Crippen MR) is 154 cm³/mol. The number of aromatic nitrogens is 3.